The summed E-state index contributed by atoms with van der Waals surface area (Å²) in [5.41, 5.74) is 0.987. The molecule has 2 aliphatic rings. The van der Waals surface area contributed by atoms with Crippen molar-refractivity contribution < 1.29 is 28.5 Å². The number of carbonyl (C=O) groups excluding carboxylic acids is 1. The highest BCUT2D eigenvalue weighted by Crippen LogP contribution is 2.40. The standard InChI is InChI=1S/C17H22O6/c1-17(2)22-14-13(21-16(19-3)15(14)23-17)12(9-18)20-10-11-7-5-4-6-8-11/h4-9,12-16H,10H2,1-3H3/t12-,13-,14+,15+,16+/m1/s1. The van der Waals surface area contributed by atoms with E-state index < -0.39 is 30.4 Å². The lowest BCUT2D eigenvalue weighted by atomic mass is 10.1. The molecule has 2 saturated heterocycles. The van der Waals surface area contributed by atoms with E-state index in [2.05, 4.69) is 0 Å². The molecular weight excluding hydrogens is 300 g/mol. The maximum absolute atomic E-state index is 11.5. The lowest BCUT2D eigenvalue weighted by Crippen LogP contribution is -2.41. The maximum Gasteiger partial charge on any atom is 0.186 e. The van der Waals surface area contributed by atoms with E-state index >= 15 is 0 Å². The third-order valence-corrected chi connectivity index (χ3v) is 4.02. The number of aldehydes is 1. The third kappa shape index (κ3) is 3.46. The van der Waals surface area contributed by atoms with Crippen molar-refractivity contribution in [3.05, 3.63) is 35.9 Å². The topological polar surface area (TPSA) is 63.2 Å². The van der Waals surface area contributed by atoms with Crippen LogP contribution in [0.15, 0.2) is 30.3 Å². The second-order valence-electron chi connectivity index (χ2n) is 6.17. The van der Waals surface area contributed by atoms with Gasteiger partial charge in [-0.05, 0) is 19.4 Å². The molecule has 5 atom stereocenters. The van der Waals surface area contributed by atoms with Crippen molar-refractivity contribution in [2.75, 3.05) is 7.11 Å². The molecule has 6 heteroatoms. The number of hydrogen-bond acceptors (Lipinski definition) is 6. The zero-order valence-corrected chi connectivity index (χ0v) is 13.5. The summed E-state index contributed by atoms with van der Waals surface area (Å²) in [6, 6.07) is 9.66. The molecule has 0 saturated carbocycles. The summed E-state index contributed by atoms with van der Waals surface area (Å²) in [5, 5.41) is 0. The Balaban J connectivity index is 1.69. The Morgan fingerprint density at radius 3 is 2.57 bits per heavy atom. The van der Waals surface area contributed by atoms with Crippen molar-refractivity contribution in [2.45, 2.75) is 56.9 Å². The molecule has 0 amide bonds. The fourth-order valence-electron chi connectivity index (χ4n) is 3.02. The third-order valence-electron chi connectivity index (χ3n) is 4.02. The molecule has 2 heterocycles. The van der Waals surface area contributed by atoms with Gasteiger partial charge in [0.1, 0.15) is 24.4 Å². The molecule has 0 aromatic heterocycles. The molecule has 2 fully saturated rings. The predicted molar refractivity (Wildman–Crippen MR) is 80.6 cm³/mol. The van der Waals surface area contributed by atoms with Crippen LogP contribution in [0.4, 0.5) is 0 Å². The normalized spacial score (nSPS) is 33.3. The van der Waals surface area contributed by atoms with Crippen LogP contribution in [0.5, 0.6) is 0 Å². The number of carbonyl (C=O) groups is 1. The Morgan fingerprint density at radius 1 is 1.22 bits per heavy atom. The minimum atomic E-state index is -0.750. The van der Waals surface area contributed by atoms with Gasteiger partial charge in [0.25, 0.3) is 0 Å². The fraction of sp³-hybridized carbons (Fsp3) is 0.588. The van der Waals surface area contributed by atoms with Crippen molar-refractivity contribution in [2.24, 2.45) is 0 Å². The molecule has 126 valence electrons. The van der Waals surface area contributed by atoms with Crippen LogP contribution in [-0.2, 0) is 35.1 Å². The number of ether oxygens (including phenoxy) is 5. The number of methoxy groups -OCH3 is 1. The van der Waals surface area contributed by atoms with Crippen molar-refractivity contribution >= 4 is 6.29 Å². The van der Waals surface area contributed by atoms with Crippen molar-refractivity contribution in [1.29, 1.82) is 0 Å². The summed E-state index contributed by atoms with van der Waals surface area (Å²) >= 11 is 0. The Bertz CT molecular complexity index is 531. The summed E-state index contributed by atoms with van der Waals surface area (Å²) in [4.78, 5) is 11.5. The van der Waals surface area contributed by atoms with Gasteiger partial charge < -0.3 is 28.5 Å². The van der Waals surface area contributed by atoms with E-state index in [9.17, 15) is 4.79 Å². The molecule has 0 radical (unpaired) electrons. The quantitative estimate of drug-likeness (QED) is 0.742. The molecule has 0 aliphatic carbocycles. The van der Waals surface area contributed by atoms with Crippen molar-refractivity contribution in [3.63, 3.8) is 0 Å². The van der Waals surface area contributed by atoms with E-state index in [-0.39, 0.29) is 6.10 Å². The van der Waals surface area contributed by atoms with E-state index in [0.29, 0.717) is 6.61 Å². The molecule has 0 bridgehead atoms. The first-order chi connectivity index (χ1) is 11.0. The molecule has 1 aromatic rings. The molecule has 3 rings (SSSR count). The Kier molecular flexibility index (Phi) is 4.79. The first kappa shape index (κ1) is 16.5. The summed E-state index contributed by atoms with van der Waals surface area (Å²) in [7, 11) is 1.54. The zero-order chi connectivity index (χ0) is 16.4. The molecule has 2 aliphatic heterocycles. The van der Waals surface area contributed by atoms with Gasteiger partial charge in [0.05, 0.1) is 6.61 Å². The van der Waals surface area contributed by atoms with Crippen LogP contribution in [0.1, 0.15) is 19.4 Å². The zero-order valence-electron chi connectivity index (χ0n) is 13.5. The van der Waals surface area contributed by atoms with E-state index in [4.69, 9.17) is 23.7 Å². The fourth-order valence-corrected chi connectivity index (χ4v) is 3.02. The highest BCUT2D eigenvalue weighted by molar-refractivity contribution is 5.57. The maximum atomic E-state index is 11.5. The molecule has 6 nitrogen and oxygen atoms in total. The highest BCUT2D eigenvalue weighted by atomic mass is 16.8. The van der Waals surface area contributed by atoms with Crippen LogP contribution < -0.4 is 0 Å². The predicted octanol–water partition coefficient (Wildman–Crippen LogP) is 1.66. The number of hydrogen-bond donors (Lipinski definition) is 0. The van der Waals surface area contributed by atoms with Crippen LogP contribution in [0, 0.1) is 0 Å². The highest BCUT2D eigenvalue weighted by Gasteiger charge is 2.57. The lowest BCUT2D eigenvalue weighted by molar-refractivity contribution is -0.238. The van der Waals surface area contributed by atoms with E-state index in [1.807, 2.05) is 44.2 Å². The molecule has 1 aromatic carbocycles. The van der Waals surface area contributed by atoms with Gasteiger partial charge in [-0.1, -0.05) is 30.3 Å². The van der Waals surface area contributed by atoms with Crippen LogP contribution in [0.2, 0.25) is 0 Å². The largest absolute Gasteiger partial charge is 0.363 e. The van der Waals surface area contributed by atoms with Gasteiger partial charge in [0.2, 0.25) is 0 Å². The monoisotopic (exact) mass is 322 g/mol. The SMILES string of the molecule is CO[C@H]1O[C@H]([C@@H](C=O)OCc2ccccc2)[C@@H]2OC(C)(C)O[C@H]12. The van der Waals surface area contributed by atoms with Crippen molar-refractivity contribution in [1.82, 2.24) is 0 Å². The van der Waals surface area contributed by atoms with E-state index in [1.54, 1.807) is 7.11 Å². The van der Waals surface area contributed by atoms with Gasteiger partial charge in [-0.15, -0.1) is 0 Å². The van der Waals surface area contributed by atoms with Crippen LogP contribution in [0.25, 0.3) is 0 Å². The number of fused-ring (bicyclic) bond motifs is 1. The molecule has 0 unspecified atom stereocenters. The molecule has 0 spiro atoms. The lowest BCUT2D eigenvalue weighted by Gasteiger charge is -2.26. The average Bonchev–Trinajstić information content (AvgIpc) is 3.02. The molecule has 23 heavy (non-hydrogen) atoms. The minimum Gasteiger partial charge on any atom is -0.363 e. The average molecular weight is 322 g/mol. The Labute approximate surface area is 135 Å². The van der Waals surface area contributed by atoms with E-state index in [1.165, 1.54) is 0 Å². The second-order valence-corrected chi connectivity index (χ2v) is 6.17. The summed E-state index contributed by atoms with van der Waals surface area (Å²) in [6.07, 6.45) is -1.91. The van der Waals surface area contributed by atoms with Crippen LogP contribution >= 0.6 is 0 Å². The summed E-state index contributed by atoms with van der Waals surface area (Å²) in [6.45, 7) is 3.98. The Hall–Kier alpha value is -1.31. The Morgan fingerprint density at radius 2 is 1.91 bits per heavy atom. The van der Waals surface area contributed by atoms with Gasteiger partial charge in [-0.2, -0.15) is 0 Å². The summed E-state index contributed by atoms with van der Waals surface area (Å²) < 4.78 is 28.5. The summed E-state index contributed by atoms with van der Waals surface area (Å²) in [5.74, 6) is -0.735. The van der Waals surface area contributed by atoms with Gasteiger partial charge in [0.15, 0.2) is 18.4 Å². The second kappa shape index (κ2) is 6.67. The first-order valence-electron chi connectivity index (χ1n) is 7.69. The van der Waals surface area contributed by atoms with Crippen LogP contribution in [-0.4, -0.2) is 49.9 Å². The smallest absolute Gasteiger partial charge is 0.186 e. The van der Waals surface area contributed by atoms with Gasteiger partial charge in [-0.3, -0.25) is 0 Å². The van der Waals surface area contributed by atoms with Gasteiger partial charge in [-0.25, -0.2) is 0 Å². The van der Waals surface area contributed by atoms with E-state index in [0.717, 1.165) is 11.8 Å². The van der Waals surface area contributed by atoms with Crippen LogP contribution in [0.3, 0.4) is 0 Å². The number of rotatable bonds is 6. The first-order valence-corrected chi connectivity index (χ1v) is 7.69. The number of benzene rings is 1. The molecular formula is C17H22O6. The van der Waals surface area contributed by atoms with Crippen molar-refractivity contribution in [3.8, 4) is 0 Å². The molecule has 0 N–H and O–H groups in total. The van der Waals surface area contributed by atoms with Gasteiger partial charge >= 0.3 is 0 Å². The van der Waals surface area contributed by atoms with Gasteiger partial charge in [0, 0.05) is 7.11 Å². The minimum absolute atomic E-state index is 0.323.